The summed E-state index contributed by atoms with van der Waals surface area (Å²) in [4.78, 5) is 42.2. The minimum atomic E-state index is -0.767. The minimum Gasteiger partial charge on any atom is -0.481 e. The summed E-state index contributed by atoms with van der Waals surface area (Å²) in [5.41, 5.74) is 1.06. The molecule has 4 fully saturated rings. The maximum atomic E-state index is 15.5. The number of halogens is 2. The second kappa shape index (κ2) is 13.5. The van der Waals surface area contributed by atoms with Crippen LogP contribution in [0.25, 0.3) is 11.0 Å². The lowest BCUT2D eigenvalue weighted by Gasteiger charge is -2.30. The first-order chi connectivity index (χ1) is 22.7. The third-order valence-electron chi connectivity index (χ3n) is 10.0. The number of para-hydroxylation sites is 1. The Hall–Kier alpha value is -3.55. The van der Waals surface area contributed by atoms with E-state index in [-0.39, 0.29) is 64.9 Å². The Labute approximate surface area is 275 Å². The van der Waals surface area contributed by atoms with Crippen molar-refractivity contribution in [1.82, 2.24) is 9.80 Å². The van der Waals surface area contributed by atoms with Gasteiger partial charge < -0.3 is 34.0 Å². The highest BCUT2D eigenvalue weighted by atomic mass is 35.5. The van der Waals surface area contributed by atoms with Crippen molar-refractivity contribution in [2.75, 3.05) is 38.4 Å². The molecule has 4 heterocycles. The van der Waals surface area contributed by atoms with Crippen LogP contribution < -0.4 is 5.32 Å². The van der Waals surface area contributed by atoms with Gasteiger partial charge in [-0.2, -0.15) is 0 Å². The highest BCUT2D eigenvalue weighted by molar-refractivity contribution is 6.34. The van der Waals surface area contributed by atoms with Gasteiger partial charge in [0, 0.05) is 31.1 Å². The van der Waals surface area contributed by atoms with Crippen molar-refractivity contribution >= 4 is 46.0 Å². The van der Waals surface area contributed by atoms with Crippen molar-refractivity contribution in [1.29, 1.82) is 0 Å². The molecule has 1 aromatic heterocycles. The summed E-state index contributed by atoms with van der Waals surface area (Å²) in [6.45, 7) is 2.51. The zero-order chi connectivity index (χ0) is 32.7. The number of furan rings is 1. The van der Waals surface area contributed by atoms with Crippen molar-refractivity contribution in [3.63, 3.8) is 0 Å². The molecule has 2 amide bonds. The molecule has 2 N–H and O–H groups in total. The van der Waals surface area contributed by atoms with E-state index in [1.807, 2.05) is 0 Å². The summed E-state index contributed by atoms with van der Waals surface area (Å²) in [5, 5.41) is 12.7. The maximum Gasteiger partial charge on any atom is 0.306 e. The molecule has 0 unspecified atom stereocenters. The van der Waals surface area contributed by atoms with Crippen molar-refractivity contribution < 1.29 is 42.5 Å². The number of carbonyl (C=O) groups excluding carboxylic acids is 2. The van der Waals surface area contributed by atoms with Crippen molar-refractivity contribution in [2.45, 2.75) is 68.9 Å². The van der Waals surface area contributed by atoms with E-state index < -0.39 is 17.7 Å². The number of hydrogen-bond acceptors (Lipinski definition) is 8. The first-order valence-corrected chi connectivity index (χ1v) is 16.5. The quantitative estimate of drug-likeness (QED) is 0.333. The molecule has 0 radical (unpaired) electrons. The summed E-state index contributed by atoms with van der Waals surface area (Å²) in [6.07, 6.45) is 4.25. The molecule has 3 aliphatic heterocycles. The lowest BCUT2D eigenvalue weighted by Crippen LogP contribution is -2.42. The highest BCUT2D eigenvalue weighted by Gasteiger charge is 2.45. The van der Waals surface area contributed by atoms with Gasteiger partial charge in [0.25, 0.3) is 5.91 Å². The lowest BCUT2D eigenvalue weighted by atomic mass is 9.87. The van der Waals surface area contributed by atoms with Crippen LogP contribution >= 0.6 is 11.6 Å². The van der Waals surface area contributed by atoms with Gasteiger partial charge in [0.1, 0.15) is 36.7 Å². The fourth-order valence-electron chi connectivity index (χ4n) is 7.37. The van der Waals surface area contributed by atoms with Crippen LogP contribution in [0.4, 0.5) is 10.1 Å². The fraction of sp³-hybridized carbons (Fsp3) is 0.500. The second-order valence-electron chi connectivity index (χ2n) is 12.9. The summed E-state index contributed by atoms with van der Waals surface area (Å²) in [5.74, 6) is -2.51. The number of anilines is 1. The van der Waals surface area contributed by atoms with Crippen molar-refractivity contribution in [3.8, 4) is 0 Å². The molecule has 250 valence electrons. The molecule has 1 saturated carbocycles. The Kier molecular flexibility index (Phi) is 9.21. The third-order valence-corrected chi connectivity index (χ3v) is 10.3. The van der Waals surface area contributed by atoms with Crippen molar-refractivity contribution in [3.05, 3.63) is 64.6 Å². The van der Waals surface area contributed by atoms with E-state index >= 15 is 4.39 Å². The lowest BCUT2D eigenvalue weighted by molar-refractivity contribution is -0.144. The van der Waals surface area contributed by atoms with E-state index in [4.69, 9.17) is 30.2 Å². The monoisotopic (exact) mass is 669 g/mol. The molecule has 47 heavy (non-hydrogen) atoms. The Morgan fingerprint density at radius 2 is 1.79 bits per heavy atom. The smallest absolute Gasteiger partial charge is 0.306 e. The molecule has 4 aliphatic rings. The van der Waals surface area contributed by atoms with Gasteiger partial charge in [0.15, 0.2) is 0 Å². The van der Waals surface area contributed by atoms with Gasteiger partial charge >= 0.3 is 5.97 Å². The number of carboxylic acid groups (broad SMARTS) is 1. The van der Waals surface area contributed by atoms with E-state index in [0.29, 0.717) is 68.6 Å². The number of hydrogen-bond donors (Lipinski definition) is 2. The van der Waals surface area contributed by atoms with E-state index in [2.05, 4.69) is 10.2 Å². The Balaban J connectivity index is 1.02. The SMILES string of the molecule is O=C(Nc1cc(F)c(CC(=O)N2C[C@@H](N3C[C@@H]4OCO[C@@H]4C3)C[C@H]2COC2CCC(C(=O)O)CC2)cc1Cl)c1coc2ccccc12. The first kappa shape index (κ1) is 32.0. The van der Waals surface area contributed by atoms with Crippen LogP contribution in [0.15, 0.2) is 47.1 Å². The normalized spacial score (nSPS) is 27.7. The molecule has 13 heteroatoms. The Bertz CT molecular complexity index is 1650. The molecule has 4 atom stereocenters. The average Bonchev–Trinajstić information content (AvgIpc) is 3.85. The molecular formula is C34H37ClFN3O8. The largest absolute Gasteiger partial charge is 0.481 e. The number of benzene rings is 2. The molecule has 1 aliphatic carbocycles. The van der Waals surface area contributed by atoms with Gasteiger partial charge in [0.2, 0.25) is 5.91 Å². The maximum absolute atomic E-state index is 15.5. The summed E-state index contributed by atoms with van der Waals surface area (Å²) in [7, 11) is 0. The molecule has 0 bridgehead atoms. The van der Waals surface area contributed by atoms with Crippen LogP contribution in [-0.4, -0.2) is 96.1 Å². The van der Waals surface area contributed by atoms with E-state index in [9.17, 15) is 19.5 Å². The molecule has 7 rings (SSSR count). The van der Waals surface area contributed by atoms with Gasteiger partial charge in [-0.3, -0.25) is 19.3 Å². The number of ether oxygens (including phenoxy) is 3. The molecule has 0 spiro atoms. The van der Waals surface area contributed by atoms with Crippen LogP contribution in [0, 0.1) is 11.7 Å². The number of amides is 2. The number of aliphatic carboxylic acids is 1. The second-order valence-corrected chi connectivity index (χ2v) is 13.3. The Morgan fingerprint density at radius 1 is 1.04 bits per heavy atom. The van der Waals surface area contributed by atoms with E-state index in [1.165, 1.54) is 12.3 Å². The summed E-state index contributed by atoms with van der Waals surface area (Å²) < 4.78 is 38.6. The fourth-order valence-corrected chi connectivity index (χ4v) is 7.61. The Morgan fingerprint density at radius 3 is 2.53 bits per heavy atom. The number of fused-ring (bicyclic) bond motifs is 2. The number of likely N-dealkylation sites (tertiary alicyclic amines) is 2. The van der Waals surface area contributed by atoms with Gasteiger partial charge in [-0.15, -0.1) is 0 Å². The highest BCUT2D eigenvalue weighted by Crippen LogP contribution is 2.33. The minimum absolute atomic E-state index is 0.0151. The zero-order valence-corrected chi connectivity index (χ0v) is 26.5. The van der Waals surface area contributed by atoms with Gasteiger partial charge in [-0.1, -0.05) is 29.8 Å². The first-order valence-electron chi connectivity index (χ1n) is 16.1. The molecule has 3 aromatic rings. The van der Waals surface area contributed by atoms with Crippen LogP contribution in [0.3, 0.4) is 0 Å². The number of nitrogens with zero attached hydrogens (tertiary/aromatic N) is 2. The number of carboxylic acids is 1. The van der Waals surface area contributed by atoms with Crippen molar-refractivity contribution in [2.24, 2.45) is 5.92 Å². The summed E-state index contributed by atoms with van der Waals surface area (Å²) >= 11 is 6.50. The number of nitrogens with one attached hydrogen (secondary N) is 1. The topological polar surface area (TPSA) is 131 Å². The third kappa shape index (κ3) is 6.75. The van der Waals surface area contributed by atoms with Gasteiger partial charge in [-0.25, -0.2) is 4.39 Å². The molecule has 3 saturated heterocycles. The van der Waals surface area contributed by atoms with Crippen LogP contribution in [0.2, 0.25) is 5.02 Å². The van der Waals surface area contributed by atoms with Gasteiger partial charge in [0.05, 0.1) is 47.4 Å². The molecular weight excluding hydrogens is 633 g/mol. The summed E-state index contributed by atoms with van der Waals surface area (Å²) in [6, 6.07) is 9.45. The van der Waals surface area contributed by atoms with Gasteiger partial charge in [-0.05, 0) is 55.9 Å². The molecule has 2 aromatic carbocycles. The predicted octanol–water partition coefficient (Wildman–Crippen LogP) is 4.71. The van der Waals surface area contributed by atoms with E-state index in [1.54, 1.807) is 29.2 Å². The number of rotatable bonds is 9. The van der Waals surface area contributed by atoms with Crippen LogP contribution in [-0.2, 0) is 30.2 Å². The standard InChI is InChI=1S/C34H37ClFN3O8/c35-26-9-20(27(36)12-28(26)37-33(41)25-17-45-29-4-2-1-3-24(25)29)10-32(40)39-13-21(38-14-30-31(15-38)47-18-46-30)11-22(39)16-44-23-7-5-19(6-8-23)34(42)43/h1-4,9,12,17,19,21-23,30-31H,5-8,10-11,13-16,18H2,(H,37,41)(H,42,43)/t19?,21-,22-,23?,30-,31+/m0/s1. The number of carbonyl (C=O) groups is 3. The van der Waals surface area contributed by atoms with Crippen LogP contribution in [0.1, 0.15) is 48.0 Å². The predicted molar refractivity (Wildman–Crippen MR) is 169 cm³/mol. The zero-order valence-electron chi connectivity index (χ0n) is 25.7. The van der Waals surface area contributed by atoms with Crippen LogP contribution in [0.5, 0.6) is 0 Å². The van der Waals surface area contributed by atoms with E-state index in [0.717, 1.165) is 19.2 Å². The molecule has 11 nitrogen and oxygen atoms in total. The average molecular weight is 670 g/mol.